The van der Waals surface area contributed by atoms with Gasteiger partial charge >= 0.3 is 0 Å². The van der Waals surface area contributed by atoms with Crippen molar-refractivity contribution >= 4 is 9.84 Å². The van der Waals surface area contributed by atoms with Crippen LogP contribution in [0.1, 0.15) is 0 Å². The molecule has 0 aromatic heterocycles. The molecule has 0 fully saturated rings. The summed E-state index contributed by atoms with van der Waals surface area (Å²) in [6.07, 6.45) is 0. The first-order valence-electron chi connectivity index (χ1n) is 1.25. The lowest BCUT2D eigenvalue weighted by Crippen LogP contribution is -1.67. The van der Waals surface area contributed by atoms with Gasteiger partial charge in [0.05, 0.1) is 0 Å². The lowest BCUT2D eigenvalue weighted by molar-refractivity contribution is 1.61. The third-order valence-electron chi connectivity index (χ3n) is 0.179. The molecule has 34 valence electrons. The molecule has 0 unspecified atom stereocenters. The highest BCUT2D eigenvalue weighted by Gasteiger charge is 1.67. The molecule has 0 rings (SSSR count). The van der Waals surface area contributed by atoms with Crippen LogP contribution in [0.15, 0.2) is 9.56 Å². The Morgan fingerprint density at radius 1 is 1.14 bits per heavy atom. The molecule has 0 heterocycles. The van der Waals surface area contributed by atoms with Crippen LogP contribution < -0.4 is 0 Å². The van der Waals surface area contributed by atoms with E-state index in [0.29, 0.717) is 0 Å². The maximum atomic E-state index is 7.57. The van der Waals surface area contributed by atoms with Crippen LogP contribution in [-0.4, -0.2) is 9.84 Å². The number of azide groups is 1. The van der Waals surface area contributed by atoms with Crippen molar-refractivity contribution in [1.29, 1.82) is 0 Å². The van der Waals surface area contributed by atoms with Gasteiger partial charge in [-0.25, -0.2) is 0 Å². The van der Waals surface area contributed by atoms with Crippen LogP contribution in [0.3, 0.4) is 0 Å². The lowest BCUT2D eigenvalue weighted by Gasteiger charge is -1.59. The fourth-order valence-electron chi connectivity index (χ4n) is 0.0600. The average molecular weight is 112 g/mol. The van der Waals surface area contributed by atoms with Gasteiger partial charge in [0.15, 0.2) is 0 Å². The molecule has 0 saturated heterocycles. The van der Waals surface area contributed by atoms with Crippen LogP contribution >= 0.6 is 0 Å². The maximum Gasteiger partial charge on any atom is 0.260 e. The van der Waals surface area contributed by atoms with E-state index in [0.717, 1.165) is 0 Å². The quantitative estimate of drug-likeness (QED) is 0.221. The number of hydrogen-bond donors (Lipinski definition) is 0. The number of hydrogen-bond acceptors (Lipinski definition) is 2. The summed E-state index contributed by atoms with van der Waals surface area (Å²) in [5.74, 6) is 0. The first kappa shape index (κ1) is 5.84. The van der Waals surface area contributed by atoms with E-state index < -0.39 is 0 Å². The summed E-state index contributed by atoms with van der Waals surface area (Å²) in [6, 6.07) is 0. The van der Waals surface area contributed by atoms with E-state index in [9.17, 15) is 0 Å². The van der Waals surface area contributed by atoms with Gasteiger partial charge in [0, 0.05) is 0 Å². The summed E-state index contributed by atoms with van der Waals surface area (Å²) in [6.45, 7) is 0. The SMILES string of the molecule is [N-]=[N+]=N[Si]N=[N+]=[N-]. The Labute approximate surface area is 41.4 Å². The molecule has 0 aromatic carbocycles. The van der Waals surface area contributed by atoms with E-state index in [1.165, 1.54) is 0 Å². The Balaban J connectivity index is 3.33. The predicted octanol–water partition coefficient (Wildman–Crippen LogP) is 1.14. The smallest absolute Gasteiger partial charge is 0.123 e. The van der Waals surface area contributed by atoms with Gasteiger partial charge < -0.3 is 0 Å². The first-order chi connectivity index (χ1) is 3.41. The molecule has 7 heavy (non-hydrogen) atoms. The standard InChI is InChI=1S/N6Si/c1-3-5-7-6-4-2. The molecule has 0 aliphatic heterocycles. The largest absolute Gasteiger partial charge is 0.260 e. The Hall–Kier alpha value is -1.16. The molecule has 0 N–H and O–H groups in total. The van der Waals surface area contributed by atoms with E-state index in [-0.39, 0.29) is 9.84 Å². The van der Waals surface area contributed by atoms with Gasteiger partial charge in [0.1, 0.15) is 0 Å². The molecule has 6 nitrogen and oxygen atoms in total. The lowest BCUT2D eigenvalue weighted by atomic mass is 13.0. The minimum Gasteiger partial charge on any atom is -0.123 e. The van der Waals surface area contributed by atoms with Crippen LogP contribution in [0.2, 0.25) is 0 Å². The Morgan fingerprint density at radius 3 is 1.86 bits per heavy atom. The molecule has 0 aromatic rings. The minimum atomic E-state index is -0.351. The zero-order valence-electron chi connectivity index (χ0n) is 3.18. The summed E-state index contributed by atoms with van der Waals surface area (Å²) in [7, 11) is -0.351. The van der Waals surface area contributed by atoms with Crippen LogP contribution in [0.25, 0.3) is 20.9 Å². The van der Waals surface area contributed by atoms with Crippen molar-refractivity contribution in [1.82, 2.24) is 0 Å². The summed E-state index contributed by atoms with van der Waals surface area (Å²) < 4.78 is 5.90. The Morgan fingerprint density at radius 2 is 1.57 bits per heavy atom. The summed E-state index contributed by atoms with van der Waals surface area (Å²) in [5, 5.41) is 0. The molecule has 0 saturated carbocycles. The molecule has 2 radical (unpaired) electrons. The molecule has 7 heteroatoms. The fourth-order valence-corrected chi connectivity index (χ4v) is 0.180. The van der Waals surface area contributed by atoms with Crippen molar-refractivity contribution in [2.45, 2.75) is 0 Å². The fraction of sp³-hybridized carbons (Fsp3) is 0. The van der Waals surface area contributed by atoms with Crippen molar-refractivity contribution in [2.75, 3.05) is 0 Å². The average Bonchev–Trinajstić information content (AvgIpc) is 1.69. The summed E-state index contributed by atoms with van der Waals surface area (Å²) in [4.78, 5) is 4.69. The van der Waals surface area contributed by atoms with Crippen LogP contribution in [-0.2, 0) is 0 Å². The van der Waals surface area contributed by atoms with Gasteiger partial charge in [-0.15, -0.1) is 9.56 Å². The molecule has 0 aliphatic rings. The first-order valence-corrected chi connectivity index (χ1v) is 2.14. The van der Waals surface area contributed by atoms with E-state index >= 15 is 0 Å². The van der Waals surface area contributed by atoms with Crippen LogP contribution in [0.5, 0.6) is 0 Å². The molecule has 0 spiro atoms. The molecular formula is N6Si. The Bertz CT molecular complexity index is 107. The zero-order chi connectivity index (χ0) is 5.54. The highest BCUT2D eigenvalue weighted by molar-refractivity contribution is 6.30. The molecule has 0 bridgehead atoms. The maximum absolute atomic E-state index is 7.57. The van der Waals surface area contributed by atoms with Gasteiger partial charge in [-0.2, -0.15) is 0 Å². The van der Waals surface area contributed by atoms with Gasteiger partial charge in [0.25, 0.3) is 9.84 Å². The van der Waals surface area contributed by atoms with Gasteiger partial charge in [0.2, 0.25) is 0 Å². The molecular weight excluding hydrogens is 112 g/mol. The van der Waals surface area contributed by atoms with E-state index in [4.69, 9.17) is 11.1 Å². The van der Waals surface area contributed by atoms with Crippen molar-refractivity contribution < 1.29 is 0 Å². The van der Waals surface area contributed by atoms with Crippen LogP contribution in [0.4, 0.5) is 0 Å². The summed E-state index contributed by atoms with van der Waals surface area (Å²) in [5.41, 5.74) is 15.1. The summed E-state index contributed by atoms with van der Waals surface area (Å²) >= 11 is 0. The van der Waals surface area contributed by atoms with Gasteiger partial charge in [-0.05, 0) is 20.9 Å². The van der Waals surface area contributed by atoms with Crippen molar-refractivity contribution in [3.05, 3.63) is 20.9 Å². The normalized spacial score (nSPS) is 5.71. The van der Waals surface area contributed by atoms with Crippen molar-refractivity contribution in [3.8, 4) is 0 Å². The third kappa shape index (κ3) is 4.84. The van der Waals surface area contributed by atoms with E-state index in [1.807, 2.05) is 0 Å². The van der Waals surface area contributed by atoms with Crippen molar-refractivity contribution in [3.63, 3.8) is 0 Å². The minimum absolute atomic E-state index is 0.351. The van der Waals surface area contributed by atoms with Crippen molar-refractivity contribution in [2.24, 2.45) is 9.56 Å². The van der Waals surface area contributed by atoms with Gasteiger partial charge in [-0.3, -0.25) is 0 Å². The zero-order valence-corrected chi connectivity index (χ0v) is 4.18. The topological polar surface area (TPSA) is 97.5 Å². The second-order valence-corrected chi connectivity index (χ2v) is 1.08. The van der Waals surface area contributed by atoms with Crippen LogP contribution in [0, 0.1) is 0 Å². The second-order valence-electron chi connectivity index (χ2n) is 0.479. The van der Waals surface area contributed by atoms with Gasteiger partial charge in [-0.1, -0.05) is 0 Å². The molecule has 0 aliphatic carbocycles. The highest BCUT2D eigenvalue weighted by atomic mass is 28.2. The van der Waals surface area contributed by atoms with E-state index in [1.54, 1.807) is 0 Å². The highest BCUT2D eigenvalue weighted by Crippen LogP contribution is 1.66. The monoisotopic (exact) mass is 112 g/mol. The molecule has 0 amide bonds. The second kappa shape index (κ2) is 4.84. The number of rotatable bonds is 2. The van der Waals surface area contributed by atoms with E-state index in [2.05, 4.69) is 19.4 Å². The number of nitrogens with zero attached hydrogens (tertiary/aromatic N) is 6. The predicted molar refractivity (Wildman–Crippen MR) is 24.0 cm³/mol. The Kier molecular flexibility index (Phi) is 4.03. The molecule has 0 atom stereocenters. The third-order valence-corrected chi connectivity index (χ3v) is 0.537.